The molecule has 0 fully saturated rings. The van der Waals surface area contributed by atoms with Crippen LogP contribution in [0.5, 0.6) is 0 Å². The zero-order valence-electron chi connectivity index (χ0n) is 9.95. The predicted molar refractivity (Wildman–Crippen MR) is 66.8 cm³/mol. The van der Waals surface area contributed by atoms with Crippen LogP contribution in [0, 0.1) is 5.92 Å². The average Bonchev–Trinajstić information content (AvgIpc) is 2.25. The van der Waals surface area contributed by atoms with E-state index in [4.69, 9.17) is 5.73 Å². The van der Waals surface area contributed by atoms with Crippen LogP contribution in [0.2, 0.25) is 0 Å². The molecule has 0 amide bonds. The van der Waals surface area contributed by atoms with Crippen molar-refractivity contribution in [2.75, 3.05) is 0 Å². The largest absolute Gasteiger partial charge is 0.328 e. The van der Waals surface area contributed by atoms with Crippen molar-refractivity contribution in [1.82, 2.24) is 0 Å². The third kappa shape index (κ3) is 5.58. The van der Waals surface area contributed by atoms with Gasteiger partial charge in [-0.05, 0) is 44.1 Å². The Labute approximate surface area is 93.7 Å². The minimum atomic E-state index is 0.351. The molecule has 0 saturated carbocycles. The number of nitrogens with two attached hydrogens (primary N) is 1. The first kappa shape index (κ1) is 12.3. The van der Waals surface area contributed by atoms with E-state index < -0.39 is 0 Å². The van der Waals surface area contributed by atoms with Gasteiger partial charge in [-0.3, -0.25) is 0 Å². The normalized spacial score (nSPS) is 14.9. The third-order valence-electron chi connectivity index (χ3n) is 2.88. The average molecular weight is 205 g/mol. The van der Waals surface area contributed by atoms with E-state index in [-0.39, 0.29) is 0 Å². The highest BCUT2D eigenvalue weighted by molar-refractivity contribution is 5.14. The zero-order chi connectivity index (χ0) is 11.1. The number of hydrogen-bond acceptors (Lipinski definition) is 1. The van der Waals surface area contributed by atoms with Crippen LogP contribution in [-0.2, 0) is 6.42 Å². The Bertz CT molecular complexity index is 253. The van der Waals surface area contributed by atoms with Gasteiger partial charge in [-0.1, -0.05) is 37.3 Å². The van der Waals surface area contributed by atoms with Gasteiger partial charge in [0.05, 0.1) is 0 Å². The fraction of sp³-hybridized carbons (Fsp3) is 0.571. The van der Waals surface area contributed by atoms with Gasteiger partial charge in [-0.15, -0.1) is 0 Å². The van der Waals surface area contributed by atoms with Gasteiger partial charge in [-0.25, -0.2) is 0 Å². The second-order valence-electron chi connectivity index (χ2n) is 4.68. The Hall–Kier alpha value is -0.820. The molecule has 1 aromatic rings. The standard InChI is InChI=1S/C14H23N/c1-12(8-10-13(2)15)9-11-14-6-4-3-5-7-14/h3-7,12-13H,8-11,15H2,1-2H3. The molecular formula is C14H23N. The first-order valence-electron chi connectivity index (χ1n) is 5.98. The number of aryl methyl sites for hydroxylation is 1. The molecule has 0 aliphatic heterocycles. The molecule has 0 aliphatic rings. The maximum Gasteiger partial charge on any atom is 0.00105 e. The molecule has 2 atom stereocenters. The maximum atomic E-state index is 5.75. The van der Waals surface area contributed by atoms with Crippen LogP contribution in [0.15, 0.2) is 30.3 Å². The van der Waals surface area contributed by atoms with Crippen molar-refractivity contribution >= 4 is 0 Å². The SMILES string of the molecule is CC(N)CCC(C)CCc1ccccc1. The Morgan fingerprint density at radius 2 is 1.67 bits per heavy atom. The van der Waals surface area contributed by atoms with Crippen molar-refractivity contribution in [1.29, 1.82) is 0 Å². The number of hydrogen-bond donors (Lipinski definition) is 1. The minimum Gasteiger partial charge on any atom is -0.328 e. The van der Waals surface area contributed by atoms with Gasteiger partial charge in [0, 0.05) is 6.04 Å². The summed E-state index contributed by atoms with van der Waals surface area (Å²) in [5, 5.41) is 0. The molecule has 0 aromatic heterocycles. The predicted octanol–water partition coefficient (Wildman–Crippen LogP) is 3.38. The summed E-state index contributed by atoms with van der Waals surface area (Å²) in [5.41, 5.74) is 7.20. The lowest BCUT2D eigenvalue weighted by molar-refractivity contribution is 0.453. The second-order valence-corrected chi connectivity index (χ2v) is 4.68. The van der Waals surface area contributed by atoms with Crippen LogP contribution in [0.25, 0.3) is 0 Å². The number of rotatable bonds is 6. The number of benzene rings is 1. The summed E-state index contributed by atoms with van der Waals surface area (Å²) in [6.07, 6.45) is 4.87. The summed E-state index contributed by atoms with van der Waals surface area (Å²) in [6, 6.07) is 11.1. The first-order valence-corrected chi connectivity index (χ1v) is 5.98. The van der Waals surface area contributed by atoms with E-state index in [1.807, 2.05) is 0 Å². The fourth-order valence-corrected chi connectivity index (χ4v) is 1.75. The molecule has 1 rings (SSSR count). The maximum absolute atomic E-state index is 5.75. The second kappa shape index (κ2) is 6.62. The summed E-state index contributed by atoms with van der Waals surface area (Å²) in [4.78, 5) is 0. The van der Waals surface area contributed by atoms with E-state index >= 15 is 0 Å². The van der Waals surface area contributed by atoms with E-state index in [2.05, 4.69) is 44.2 Å². The molecule has 1 nitrogen and oxygen atoms in total. The van der Waals surface area contributed by atoms with Crippen molar-refractivity contribution in [3.05, 3.63) is 35.9 Å². The molecule has 0 heterocycles. The molecule has 0 saturated heterocycles. The van der Waals surface area contributed by atoms with Gasteiger partial charge < -0.3 is 5.73 Å². The Morgan fingerprint density at radius 1 is 1.00 bits per heavy atom. The molecule has 84 valence electrons. The Balaban J connectivity index is 2.19. The molecule has 2 N–H and O–H groups in total. The highest BCUT2D eigenvalue weighted by Gasteiger charge is 2.04. The zero-order valence-corrected chi connectivity index (χ0v) is 9.95. The van der Waals surface area contributed by atoms with E-state index in [0.717, 1.165) is 12.3 Å². The molecule has 1 aromatic carbocycles. The van der Waals surface area contributed by atoms with E-state index in [1.165, 1.54) is 24.8 Å². The van der Waals surface area contributed by atoms with Crippen LogP contribution >= 0.6 is 0 Å². The Morgan fingerprint density at radius 3 is 2.27 bits per heavy atom. The van der Waals surface area contributed by atoms with Crippen LogP contribution in [-0.4, -0.2) is 6.04 Å². The summed E-state index contributed by atoms with van der Waals surface area (Å²) in [6.45, 7) is 4.41. The molecule has 0 radical (unpaired) electrons. The van der Waals surface area contributed by atoms with E-state index in [9.17, 15) is 0 Å². The van der Waals surface area contributed by atoms with Gasteiger partial charge in [-0.2, -0.15) is 0 Å². The molecule has 0 aliphatic carbocycles. The highest BCUT2D eigenvalue weighted by atomic mass is 14.6. The highest BCUT2D eigenvalue weighted by Crippen LogP contribution is 2.14. The van der Waals surface area contributed by atoms with Gasteiger partial charge in [0.1, 0.15) is 0 Å². The van der Waals surface area contributed by atoms with Gasteiger partial charge in [0.15, 0.2) is 0 Å². The fourth-order valence-electron chi connectivity index (χ4n) is 1.75. The van der Waals surface area contributed by atoms with Crippen molar-refractivity contribution in [2.24, 2.45) is 11.7 Å². The van der Waals surface area contributed by atoms with Crippen molar-refractivity contribution < 1.29 is 0 Å². The van der Waals surface area contributed by atoms with Crippen molar-refractivity contribution in [3.63, 3.8) is 0 Å². The van der Waals surface area contributed by atoms with E-state index in [1.54, 1.807) is 0 Å². The monoisotopic (exact) mass is 205 g/mol. The molecule has 0 bridgehead atoms. The minimum absolute atomic E-state index is 0.351. The third-order valence-corrected chi connectivity index (χ3v) is 2.88. The molecule has 2 unspecified atom stereocenters. The summed E-state index contributed by atoms with van der Waals surface area (Å²) in [7, 11) is 0. The lowest BCUT2D eigenvalue weighted by atomic mass is 9.95. The van der Waals surface area contributed by atoms with Crippen LogP contribution in [0.3, 0.4) is 0 Å². The Kier molecular flexibility index (Phi) is 5.41. The van der Waals surface area contributed by atoms with Crippen molar-refractivity contribution in [3.8, 4) is 0 Å². The smallest absolute Gasteiger partial charge is 0.00105 e. The first-order chi connectivity index (χ1) is 7.18. The lowest BCUT2D eigenvalue weighted by Crippen LogP contribution is -2.15. The van der Waals surface area contributed by atoms with Crippen LogP contribution in [0.4, 0.5) is 0 Å². The molecular weight excluding hydrogens is 182 g/mol. The van der Waals surface area contributed by atoms with E-state index in [0.29, 0.717) is 6.04 Å². The van der Waals surface area contributed by atoms with Crippen LogP contribution < -0.4 is 5.73 Å². The molecule has 0 spiro atoms. The summed E-state index contributed by atoms with van der Waals surface area (Å²) in [5.74, 6) is 0.788. The van der Waals surface area contributed by atoms with Crippen molar-refractivity contribution in [2.45, 2.75) is 45.6 Å². The van der Waals surface area contributed by atoms with Gasteiger partial charge >= 0.3 is 0 Å². The van der Waals surface area contributed by atoms with Gasteiger partial charge in [0.2, 0.25) is 0 Å². The molecule has 15 heavy (non-hydrogen) atoms. The lowest BCUT2D eigenvalue weighted by Gasteiger charge is -2.12. The topological polar surface area (TPSA) is 26.0 Å². The quantitative estimate of drug-likeness (QED) is 0.757. The molecule has 1 heteroatoms. The van der Waals surface area contributed by atoms with Crippen LogP contribution in [0.1, 0.15) is 38.7 Å². The summed E-state index contributed by atoms with van der Waals surface area (Å²) >= 11 is 0. The van der Waals surface area contributed by atoms with Gasteiger partial charge in [0.25, 0.3) is 0 Å². The summed E-state index contributed by atoms with van der Waals surface area (Å²) < 4.78 is 0.